The van der Waals surface area contributed by atoms with Crippen molar-refractivity contribution < 1.29 is 9.84 Å². The highest BCUT2D eigenvalue weighted by molar-refractivity contribution is 5.38. The van der Waals surface area contributed by atoms with Crippen molar-refractivity contribution in [2.24, 2.45) is 5.84 Å². The van der Waals surface area contributed by atoms with Gasteiger partial charge in [0.2, 0.25) is 11.9 Å². The SMILES string of the molecule is COCC(O)CN(C)c1nc(NN)nc(-n2cncn2)n1. The molecule has 21 heavy (non-hydrogen) atoms. The van der Waals surface area contributed by atoms with Gasteiger partial charge in [0.1, 0.15) is 12.7 Å². The molecule has 2 aromatic heterocycles. The second kappa shape index (κ2) is 6.88. The summed E-state index contributed by atoms with van der Waals surface area (Å²) >= 11 is 0. The number of nitrogens with one attached hydrogen (secondary N) is 1. The zero-order valence-corrected chi connectivity index (χ0v) is 11.7. The van der Waals surface area contributed by atoms with Gasteiger partial charge in [-0.2, -0.15) is 24.7 Å². The third-order valence-corrected chi connectivity index (χ3v) is 2.55. The van der Waals surface area contributed by atoms with Crippen LogP contribution < -0.4 is 16.2 Å². The minimum Gasteiger partial charge on any atom is -0.389 e. The van der Waals surface area contributed by atoms with Gasteiger partial charge >= 0.3 is 0 Å². The summed E-state index contributed by atoms with van der Waals surface area (Å²) in [5.74, 6) is 6.13. The highest BCUT2D eigenvalue weighted by atomic mass is 16.5. The first-order chi connectivity index (χ1) is 10.1. The molecule has 0 saturated carbocycles. The van der Waals surface area contributed by atoms with Crippen molar-refractivity contribution in [1.29, 1.82) is 0 Å². The highest BCUT2D eigenvalue weighted by Gasteiger charge is 2.14. The summed E-state index contributed by atoms with van der Waals surface area (Å²) < 4.78 is 6.26. The van der Waals surface area contributed by atoms with Gasteiger partial charge in [-0.3, -0.25) is 5.43 Å². The Labute approximate surface area is 120 Å². The molecule has 11 heteroatoms. The van der Waals surface area contributed by atoms with Gasteiger partial charge in [-0.1, -0.05) is 0 Å². The van der Waals surface area contributed by atoms with Crippen molar-refractivity contribution in [3.8, 4) is 5.95 Å². The summed E-state index contributed by atoms with van der Waals surface area (Å²) in [5.41, 5.74) is 2.37. The van der Waals surface area contributed by atoms with E-state index in [2.05, 4.69) is 30.5 Å². The standard InChI is InChI=1S/C10H17N9O2/c1-18(3-7(20)4-21-2)9-14-8(17-11)15-10(16-9)19-6-12-5-13-19/h5-7,20H,3-4,11H2,1-2H3,(H,14,15,16,17). The van der Waals surface area contributed by atoms with E-state index >= 15 is 0 Å². The summed E-state index contributed by atoms with van der Waals surface area (Å²) in [6, 6.07) is 0. The lowest BCUT2D eigenvalue weighted by Crippen LogP contribution is -2.33. The molecule has 114 valence electrons. The van der Waals surface area contributed by atoms with Gasteiger partial charge in [-0.05, 0) is 0 Å². The normalized spacial score (nSPS) is 12.2. The van der Waals surface area contributed by atoms with Gasteiger partial charge in [-0.15, -0.1) is 0 Å². The lowest BCUT2D eigenvalue weighted by Gasteiger charge is -2.20. The molecule has 2 rings (SSSR count). The number of ether oxygens (including phenoxy) is 1. The largest absolute Gasteiger partial charge is 0.389 e. The van der Waals surface area contributed by atoms with E-state index in [4.69, 9.17) is 10.6 Å². The number of methoxy groups -OCH3 is 1. The maximum atomic E-state index is 9.75. The molecule has 0 bridgehead atoms. The van der Waals surface area contributed by atoms with Crippen LogP contribution in [0.1, 0.15) is 0 Å². The molecule has 0 aliphatic rings. The Kier molecular flexibility index (Phi) is 4.92. The molecule has 0 amide bonds. The van der Waals surface area contributed by atoms with E-state index in [1.54, 1.807) is 11.9 Å². The lowest BCUT2D eigenvalue weighted by molar-refractivity contribution is 0.0693. The minimum absolute atomic E-state index is 0.179. The Morgan fingerprint density at radius 1 is 1.48 bits per heavy atom. The molecule has 2 heterocycles. The van der Waals surface area contributed by atoms with Crippen LogP contribution in [-0.4, -0.2) is 68.2 Å². The Balaban J connectivity index is 2.24. The summed E-state index contributed by atoms with van der Waals surface area (Å²) in [6.45, 7) is 0.506. The zero-order chi connectivity index (χ0) is 15.2. The third kappa shape index (κ3) is 3.81. The van der Waals surface area contributed by atoms with Crippen LogP contribution in [0.15, 0.2) is 12.7 Å². The molecular formula is C10H17N9O2. The van der Waals surface area contributed by atoms with Gasteiger partial charge in [-0.25, -0.2) is 10.8 Å². The second-order valence-corrected chi connectivity index (χ2v) is 4.23. The number of hydrogen-bond donors (Lipinski definition) is 3. The molecule has 11 nitrogen and oxygen atoms in total. The average molecular weight is 295 g/mol. The number of hydrogen-bond acceptors (Lipinski definition) is 10. The number of nitrogens with two attached hydrogens (primary N) is 1. The summed E-state index contributed by atoms with van der Waals surface area (Å²) in [7, 11) is 3.26. The fourth-order valence-electron chi connectivity index (χ4n) is 1.65. The van der Waals surface area contributed by atoms with Crippen molar-refractivity contribution in [1.82, 2.24) is 29.7 Å². The van der Waals surface area contributed by atoms with E-state index in [-0.39, 0.29) is 18.5 Å². The van der Waals surface area contributed by atoms with Crippen molar-refractivity contribution in [2.45, 2.75) is 6.10 Å². The molecule has 0 aliphatic carbocycles. The molecule has 1 atom stereocenters. The number of rotatable bonds is 7. The monoisotopic (exact) mass is 295 g/mol. The number of aromatic nitrogens is 6. The molecular weight excluding hydrogens is 278 g/mol. The molecule has 0 aliphatic heterocycles. The lowest BCUT2D eigenvalue weighted by atomic mass is 10.3. The van der Waals surface area contributed by atoms with Gasteiger partial charge in [0.15, 0.2) is 0 Å². The predicted molar refractivity (Wildman–Crippen MR) is 73.7 cm³/mol. The van der Waals surface area contributed by atoms with E-state index < -0.39 is 6.10 Å². The molecule has 0 saturated heterocycles. The van der Waals surface area contributed by atoms with Crippen LogP contribution in [0.5, 0.6) is 0 Å². The van der Waals surface area contributed by atoms with Crippen LogP contribution in [-0.2, 0) is 4.74 Å². The summed E-state index contributed by atoms with van der Waals surface area (Å²) in [5, 5.41) is 13.7. The number of aliphatic hydroxyl groups excluding tert-OH is 1. The third-order valence-electron chi connectivity index (χ3n) is 2.55. The number of likely N-dealkylation sites (N-methyl/N-ethyl adjacent to an activating group) is 1. The fraction of sp³-hybridized carbons (Fsp3) is 0.500. The first-order valence-electron chi connectivity index (χ1n) is 6.10. The van der Waals surface area contributed by atoms with Crippen molar-refractivity contribution >= 4 is 11.9 Å². The Hall–Kier alpha value is -2.37. The summed E-state index contributed by atoms with van der Waals surface area (Å²) in [6.07, 6.45) is 2.16. The zero-order valence-electron chi connectivity index (χ0n) is 11.7. The van der Waals surface area contributed by atoms with Crippen molar-refractivity contribution in [3.05, 3.63) is 12.7 Å². The molecule has 0 fully saturated rings. The topological polar surface area (TPSA) is 140 Å². The molecule has 2 aromatic rings. The van der Waals surface area contributed by atoms with Gasteiger partial charge < -0.3 is 14.7 Å². The van der Waals surface area contributed by atoms with E-state index in [0.717, 1.165) is 0 Å². The number of nitrogen functional groups attached to an aromatic ring is 1. The number of hydrazine groups is 1. The van der Waals surface area contributed by atoms with Gasteiger partial charge in [0.25, 0.3) is 5.95 Å². The Morgan fingerprint density at radius 2 is 2.29 bits per heavy atom. The molecule has 0 aromatic carbocycles. The fourth-order valence-corrected chi connectivity index (χ4v) is 1.65. The van der Waals surface area contributed by atoms with Gasteiger partial charge in [0.05, 0.1) is 12.7 Å². The molecule has 4 N–H and O–H groups in total. The van der Waals surface area contributed by atoms with Crippen LogP contribution >= 0.6 is 0 Å². The quantitative estimate of drug-likeness (QED) is 0.395. The minimum atomic E-state index is -0.666. The number of aliphatic hydroxyl groups is 1. The van der Waals surface area contributed by atoms with Crippen LogP contribution in [0.25, 0.3) is 5.95 Å². The molecule has 0 radical (unpaired) electrons. The molecule has 0 spiro atoms. The number of anilines is 2. The Morgan fingerprint density at radius 3 is 2.90 bits per heavy atom. The highest BCUT2D eigenvalue weighted by Crippen LogP contribution is 2.11. The smallest absolute Gasteiger partial charge is 0.258 e. The van der Waals surface area contributed by atoms with Crippen LogP contribution in [0, 0.1) is 0 Å². The predicted octanol–water partition coefficient (Wildman–Crippen LogP) is -1.82. The first kappa shape index (κ1) is 15.0. The van der Waals surface area contributed by atoms with Crippen LogP contribution in [0.2, 0.25) is 0 Å². The van der Waals surface area contributed by atoms with Crippen LogP contribution in [0.4, 0.5) is 11.9 Å². The second-order valence-electron chi connectivity index (χ2n) is 4.23. The van der Waals surface area contributed by atoms with Crippen LogP contribution in [0.3, 0.4) is 0 Å². The van der Waals surface area contributed by atoms with E-state index in [9.17, 15) is 5.11 Å². The Bertz CT molecular complexity index is 562. The van der Waals surface area contributed by atoms with Crippen molar-refractivity contribution in [2.75, 3.05) is 37.6 Å². The number of nitrogens with zero attached hydrogens (tertiary/aromatic N) is 7. The summed E-state index contributed by atoms with van der Waals surface area (Å²) in [4.78, 5) is 18.0. The van der Waals surface area contributed by atoms with E-state index in [1.807, 2.05) is 0 Å². The molecule has 1 unspecified atom stereocenters. The maximum absolute atomic E-state index is 9.75. The average Bonchev–Trinajstić information content (AvgIpc) is 3.01. The maximum Gasteiger partial charge on any atom is 0.258 e. The van der Waals surface area contributed by atoms with Gasteiger partial charge in [0, 0.05) is 20.7 Å². The van der Waals surface area contributed by atoms with Crippen molar-refractivity contribution in [3.63, 3.8) is 0 Å². The van der Waals surface area contributed by atoms with E-state index in [1.165, 1.54) is 24.4 Å². The first-order valence-corrected chi connectivity index (χ1v) is 6.10. The van der Waals surface area contributed by atoms with E-state index in [0.29, 0.717) is 12.5 Å².